The van der Waals surface area contributed by atoms with Crippen LogP contribution in [0.4, 0.5) is 11.4 Å². The summed E-state index contributed by atoms with van der Waals surface area (Å²) in [7, 11) is -7.21. The summed E-state index contributed by atoms with van der Waals surface area (Å²) in [6.45, 7) is 18.7. The summed E-state index contributed by atoms with van der Waals surface area (Å²) in [6, 6.07) is 22.4. The van der Waals surface area contributed by atoms with Crippen molar-refractivity contribution < 1.29 is 103 Å². The molecule has 5 aromatic rings. The molecule has 2 heterocycles. The minimum absolute atomic E-state index is 0. The van der Waals surface area contributed by atoms with Crippen molar-refractivity contribution in [1.29, 1.82) is 0 Å². The van der Waals surface area contributed by atoms with Gasteiger partial charge in [-0.15, -0.1) is 0 Å². The van der Waals surface area contributed by atoms with Gasteiger partial charge in [0, 0.05) is 58.3 Å². The molecule has 538 valence electrons. The van der Waals surface area contributed by atoms with Crippen LogP contribution >= 0.6 is 27.0 Å². The van der Waals surface area contributed by atoms with E-state index >= 15 is 0 Å². The van der Waals surface area contributed by atoms with Crippen LogP contribution in [0.2, 0.25) is 0 Å². The van der Waals surface area contributed by atoms with Gasteiger partial charge in [-0.2, -0.15) is 27.0 Å². The van der Waals surface area contributed by atoms with Gasteiger partial charge in [0.1, 0.15) is 43.0 Å². The van der Waals surface area contributed by atoms with Crippen LogP contribution in [0.25, 0.3) is 0 Å². The van der Waals surface area contributed by atoms with Crippen LogP contribution in [0, 0.1) is 19.8 Å². The van der Waals surface area contributed by atoms with Gasteiger partial charge in [-0.1, -0.05) is 56.3 Å². The lowest BCUT2D eigenvalue weighted by atomic mass is 10.0. The number of imide groups is 1. The highest BCUT2D eigenvalue weighted by atomic mass is 32.2. The van der Waals surface area contributed by atoms with Crippen molar-refractivity contribution in [2.45, 2.75) is 99.8 Å². The number of rotatable bonds is 23. The van der Waals surface area contributed by atoms with E-state index in [9.17, 15) is 68.7 Å². The van der Waals surface area contributed by atoms with Crippen LogP contribution < -0.4 is 51.5 Å². The van der Waals surface area contributed by atoms with Gasteiger partial charge in [0.25, 0.3) is 11.8 Å². The molecule has 5 aromatic carbocycles. The number of fused-ring (bicyclic) bond motifs is 2. The van der Waals surface area contributed by atoms with E-state index in [1.54, 1.807) is 43.3 Å². The number of aliphatic hydroxyl groups excluding tert-OH is 1. The number of benzene rings is 5. The minimum atomic E-state index is -3.60. The molecule has 1 unspecified atom stereocenters. The molecule has 9 N–H and O–H groups in total. The number of nitrogens with one attached hydrogen (secondary N) is 3. The molecule has 32 heteroatoms. The number of hydrogen-bond acceptors (Lipinski definition) is 22. The number of esters is 2. The predicted molar refractivity (Wildman–Crippen MR) is 376 cm³/mol. The molecular weight excluding hydrogens is 1360 g/mol. The van der Waals surface area contributed by atoms with Crippen molar-refractivity contribution in [2.75, 3.05) is 80.7 Å². The first kappa shape index (κ1) is 88.9. The smallest absolute Gasteiger partial charge is 0.349 e. The number of hydrogen-bond donors (Lipinski definition) is 6. The molecule has 2 aliphatic rings. The Morgan fingerprint density at radius 3 is 1.48 bits per heavy atom. The Hall–Kier alpha value is -8.11. The van der Waals surface area contributed by atoms with Gasteiger partial charge >= 0.3 is 11.9 Å². The van der Waals surface area contributed by atoms with Gasteiger partial charge in [0.15, 0.2) is 21.3 Å². The van der Waals surface area contributed by atoms with E-state index in [2.05, 4.69) is 26.4 Å². The standard InChI is InChI=1S/C22H24N2O7S.2C12H19NO3S.C10H7NO4.C8H15NO3.CH4O.2H2S/c1-5-31-19-11-14(9-10-18(19)30-3)17(12-32(4,28)29)24-21(26)15-7-6-8-16(23-13(2)25)20(15)22(24)27;2*1-4-16-12-7-10(6-5-9(12)2)11(13)8-17(3,14)15;1-5(12)11-7-4-2-3-6-8(7)10(14)15-9(6)13;1-5(2)4-7(8(11)12)9-6(3)10;1-2;;/h6-11,17H,5,12H2,1-4H3,(H,23,25);2*5-7,11H,4,8,13H2,1-3H3;2-4H,1H3,(H,11,12);5,7H,4H2,1-3H3,(H,9,10)(H,11,12);2H,1H3;2*1H2/t17-;11-;;;7-;;;/m11..0.../s1. The van der Waals surface area contributed by atoms with E-state index in [4.69, 9.17) is 29.8 Å². The van der Waals surface area contributed by atoms with Crippen LogP contribution in [0.1, 0.15) is 149 Å². The quantitative estimate of drug-likeness (QED) is 0.0294. The first-order chi connectivity index (χ1) is 44.3. The summed E-state index contributed by atoms with van der Waals surface area (Å²) in [6.07, 6.45) is 3.85. The van der Waals surface area contributed by atoms with E-state index in [1.165, 1.54) is 58.6 Å². The van der Waals surface area contributed by atoms with Gasteiger partial charge in [-0.05, 0) is 118 Å². The minimum Gasteiger partial charge on any atom is -0.548 e. The predicted octanol–water partition coefficient (Wildman–Crippen LogP) is 4.67. The number of nitrogens with zero attached hydrogens (tertiary/aromatic N) is 1. The number of methoxy groups -OCH3 is 1. The zero-order valence-corrected chi connectivity index (χ0v) is 61.5. The number of carbonyl (C=O) groups excluding carboxylic acids is 8. The number of sulfone groups is 3. The van der Waals surface area contributed by atoms with Gasteiger partial charge in [0.05, 0.1) is 90.1 Å². The number of cyclic esters (lactones) is 2. The van der Waals surface area contributed by atoms with E-state index in [1.807, 2.05) is 77.9 Å². The summed E-state index contributed by atoms with van der Waals surface area (Å²) in [5, 5.41) is 24.8. The molecule has 0 aliphatic carbocycles. The Kier molecular flexibility index (Phi) is 37.8. The van der Waals surface area contributed by atoms with E-state index < -0.39 is 89.0 Å². The number of quaternary nitrogens is 1. The number of ether oxygens (including phenoxy) is 5. The topological polar surface area (TPSA) is 421 Å². The second-order valence-electron chi connectivity index (χ2n) is 22.0. The van der Waals surface area contributed by atoms with Crippen molar-refractivity contribution in [3.63, 3.8) is 0 Å². The normalized spacial score (nSPS) is 13.1. The molecule has 0 radical (unpaired) electrons. The van der Waals surface area contributed by atoms with E-state index in [0.717, 1.165) is 52.0 Å². The fraction of sp³-hybridized carbons (Fsp3) is 0.415. The number of aliphatic carboxylic acids is 1. The largest absolute Gasteiger partial charge is 0.548 e. The third kappa shape index (κ3) is 29.2. The zero-order chi connectivity index (χ0) is 72.5. The number of carboxylic acids is 1. The molecule has 0 bridgehead atoms. The van der Waals surface area contributed by atoms with Gasteiger partial charge in [0.2, 0.25) is 17.7 Å². The summed E-state index contributed by atoms with van der Waals surface area (Å²) in [4.78, 5) is 93.3. The van der Waals surface area contributed by atoms with Crippen LogP contribution in [0.5, 0.6) is 23.0 Å². The van der Waals surface area contributed by atoms with Crippen molar-refractivity contribution >= 4 is 115 Å². The maximum atomic E-state index is 13.3. The van der Waals surface area contributed by atoms with E-state index in [0.29, 0.717) is 49.0 Å². The molecule has 4 atom stereocenters. The molecule has 27 nitrogen and oxygen atoms in total. The van der Waals surface area contributed by atoms with Crippen LogP contribution in [0.15, 0.2) is 91.0 Å². The monoisotopic (exact) mass is 1450 g/mol. The lowest BCUT2D eigenvalue weighted by Gasteiger charge is -2.27. The van der Waals surface area contributed by atoms with Crippen LogP contribution in [-0.2, 0) is 53.4 Å². The SMILES string of the molecule is CC(=O)N[C@@H](CC(C)C)C(=O)[O-].CC(=O)Nc1cccc2c1C(=O)OC2=O.CCOc1cc(C(N)CS(C)(=O)=O)ccc1C.CCOc1cc([C@@H](CS(C)(=O)=O)N2C(=O)c3cccc(NC(C)=O)c3C2=O)ccc1OC.CCOc1cc([C@H]([NH3+])CS(C)(=O)=O)ccc1C.CO.S.S. The fourth-order valence-electron chi connectivity index (χ4n) is 9.24. The lowest BCUT2D eigenvalue weighted by Crippen LogP contribution is -2.56. The second-order valence-corrected chi connectivity index (χ2v) is 28.6. The fourth-order valence-corrected chi connectivity index (χ4v) is 11.9. The number of amides is 5. The Morgan fingerprint density at radius 2 is 1.04 bits per heavy atom. The number of aryl methyl sites for hydroxylation is 2. The molecule has 0 fully saturated rings. The Balaban J connectivity index is 0.00000123. The van der Waals surface area contributed by atoms with Crippen LogP contribution in [0.3, 0.4) is 0 Å². The van der Waals surface area contributed by atoms with Gasteiger partial charge < -0.3 is 66.1 Å². The number of carboxylic acid groups (broad SMARTS) is 1. The van der Waals surface area contributed by atoms with Crippen molar-refractivity contribution in [1.82, 2.24) is 10.2 Å². The molecule has 0 aromatic heterocycles. The average Bonchev–Trinajstić information content (AvgIpc) is 1.61. The van der Waals surface area contributed by atoms with Gasteiger partial charge in [-0.25, -0.2) is 34.8 Å². The number of nitrogens with two attached hydrogens (primary N) is 1. The third-order valence-electron chi connectivity index (χ3n) is 13.2. The molecule has 0 saturated carbocycles. The maximum Gasteiger partial charge on any atom is 0.349 e. The molecular formula is C65H92N6O21S5. The highest BCUT2D eigenvalue weighted by Gasteiger charge is 2.43. The number of carbonyl (C=O) groups is 8. The first-order valence-corrected chi connectivity index (χ1v) is 35.7. The van der Waals surface area contributed by atoms with Gasteiger partial charge in [-0.3, -0.25) is 28.9 Å². The second kappa shape index (κ2) is 41.2. The molecule has 5 amide bonds. The van der Waals surface area contributed by atoms with Crippen LogP contribution in [-0.4, -0.2) is 159 Å². The molecule has 0 saturated heterocycles. The van der Waals surface area contributed by atoms with Crippen molar-refractivity contribution in [3.8, 4) is 23.0 Å². The molecule has 7 rings (SSSR count). The number of anilines is 2. The maximum absolute atomic E-state index is 13.3. The summed E-state index contributed by atoms with van der Waals surface area (Å²) < 4.78 is 95.5. The van der Waals surface area contributed by atoms with E-state index in [-0.39, 0.29) is 90.2 Å². The Labute approximate surface area is 581 Å². The molecule has 97 heavy (non-hydrogen) atoms. The highest BCUT2D eigenvalue weighted by molar-refractivity contribution is 7.91. The average molecular weight is 1450 g/mol. The summed E-state index contributed by atoms with van der Waals surface area (Å²) in [5.41, 5.74) is 14.8. The van der Waals surface area contributed by atoms with Crippen molar-refractivity contribution in [2.24, 2.45) is 11.7 Å². The summed E-state index contributed by atoms with van der Waals surface area (Å²) in [5.74, 6) is -2.90. The molecule has 0 spiro atoms. The first-order valence-electron chi connectivity index (χ1n) is 29.5. The Bertz CT molecular complexity index is 3810. The zero-order valence-electron chi connectivity index (χ0n) is 57.1. The summed E-state index contributed by atoms with van der Waals surface area (Å²) >= 11 is 0. The molecule has 2 aliphatic heterocycles. The number of aliphatic hydroxyl groups is 1. The Morgan fingerprint density at radius 1 is 0.598 bits per heavy atom. The van der Waals surface area contributed by atoms with Crippen molar-refractivity contribution in [3.05, 3.63) is 141 Å². The lowest BCUT2D eigenvalue weighted by molar-refractivity contribution is -0.418. The highest BCUT2D eigenvalue weighted by Crippen LogP contribution is 2.39. The third-order valence-corrected chi connectivity index (χ3v) is 16.1.